The lowest BCUT2D eigenvalue weighted by Gasteiger charge is -2.29. The number of nitrogens with one attached hydrogen (secondary N) is 1. The second kappa shape index (κ2) is 10.9. The summed E-state index contributed by atoms with van der Waals surface area (Å²) < 4.78 is 5.29. The van der Waals surface area contributed by atoms with E-state index in [0.29, 0.717) is 25.8 Å². The molecule has 168 valence electrons. The van der Waals surface area contributed by atoms with Crippen LogP contribution in [-0.4, -0.2) is 70.7 Å². The minimum Gasteiger partial charge on any atom is -0.458 e. The Morgan fingerprint density at radius 2 is 1.63 bits per heavy atom. The van der Waals surface area contributed by atoms with Gasteiger partial charge in [-0.05, 0) is 47.5 Å². The van der Waals surface area contributed by atoms with Gasteiger partial charge >= 0.3 is 5.97 Å². The summed E-state index contributed by atoms with van der Waals surface area (Å²) in [6.45, 7) is 8.72. The molecule has 1 aliphatic rings. The molecule has 0 spiro atoms. The van der Waals surface area contributed by atoms with E-state index in [9.17, 15) is 24.0 Å². The topological polar surface area (TPSA) is 113 Å². The largest absolute Gasteiger partial charge is 0.458 e. The van der Waals surface area contributed by atoms with Crippen LogP contribution in [0.2, 0.25) is 0 Å². The highest BCUT2D eigenvalue weighted by Gasteiger charge is 2.30. The third-order valence-electron chi connectivity index (χ3n) is 4.61. The van der Waals surface area contributed by atoms with Crippen LogP contribution >= 0.6 is 0 Å². The number of rotatable bonds is 10. The zero-order chi connectivity index (χ0) is 23.1. The van der Waals surface area contributed by atoms with Crippen LogP contribution in [-0.2, 0) is 28.7 Å². The van der Waals surface area contributed by atoms with E-state index in [0.717, 1.165) is 0 Å². The molecule has 0 aromatic heterocycles. The number of hydrogen-bond acceptors (Lipinski definition) is 6. The molecule has 1 heterocycles. The Kier molecular flexibility index (Phi) is 9.20. The van der Waals surface area contributed by atoms with E-state index < -0.39 is 23.7 Å². The summed E-state index contributed by atoms with van der Waals surface area (Å²) in [5.41, 5.74) is -0.652. The maximum absolute atomic E-state index is 12.5. The molecule has 0 bridgehead atoms. The van der Waals surface area contributed by atoms with Gasteiger partial charge < -0.3 is 15.0 Å². The van der Waals surface area contributed by atoms with Crippen molar-refractivity contribution in [1.29, 1.82) is 0 Å². The van der Waals surface area contributed by atoms with E-state index >= 15 is 0 Å². The Labute approximate surface area is 177 Å². The van der Waals surface area contributed by atoms with E-state index in [-0.39, 0.29) is 30.0 Å². The molecular formula is C21H33N3O6. The maximum atomic E-state index is 12.5. The molecule has 1 rings (SSSR count). The second-order valence-electron chi connectivity index (χ2n) is 8.42. The number of ether oxygens (including phenoxy) is 1. The highest BCUT2D eigenvalue weighted by Crippen LogP contribution is 2.12. The van der Waals surface area contributed by atoms with Gasteiger partial charge in [0.1, 0.15) is 17.7 Å². The Balaban J connectivity index is 2.33. The van der Waals surface area contributed by atoms with Gasteiger partial charge in [0.25, 0.3) is 11.8 Å². The van der Waals surface area contributed by atoms with Gasteiger partial charge in [0.05, 0.1) is 0 Å². The van der Waals surface area contributed by atoms with Crippen molar-refractivity contribution in [3.05, 3.63) is 12.2 Å². The Bertz CT molecular complexity index is 692. The molecule has 0 aromatic rings. The standard InChI is InChI=1S/C21H33N3O6/c1-14(19(28)23(6)15(2)20(29)30-21(3,4)5)22-16(25)10-8-7-9-13-24-17(26)11-12-18(24)27/h11-12,14-15H,7-10,13H2,1-6H3,(H,22,25)/t14-,15-/m0/s1. The van der Waals surface area contributed by atoms with Crippen molar-refractivity contribution in [3.63, 3.8) is 0 Å². The number of imide groups is 1. The average molecular weight is 424 g/mol. The zero-order valence-electron chi connectivity index (χ0n) is 18.7. The third-order valence-corrected chi connectivity index (χ3v) is 4.61. The van der Waals surface area contributed by atoms with Crippen LogP contribution in [0.3, 0.4) is 0 Å². The highest BCUT2D eigenvalue weighted by molar-refractivity contribution is 6.12. The lowest BCUT2D eigenvalue weighted by molar-refractivity contribution is -0.163. The van der Waals surface area contributed by atoms with Gasteiger partial charge in [0, 0.05) is 32.2 Å². The minimum atomic E-state index is -0.779. The van der Waals surface area contributed by atoms with Crippen molar-refractivity contribution < 1.29 is 28.7 Å². The molecule has 9 nitrogen and oxygen atoms in total. The predicted octanol–water partition coefficient (Wildman–Crippen LogP) is 1.17. The molecular weight excluding hydrogens is 390 g/mol. The Hall–Kier alpha value is -2.71. The molecule has 9 heteroatoms. The number of unbranched alkanes of at least 4 members (excludes halogenated alkanes) is 2. The molecule has 2 atom stereocenters. The van der Waals surface area contributed by atoms with Crippen molar-refractivity contribution in [2.45, 2.75) is 78.0 Å². The normalized spacial score (nSPS) is 15.7. The summed E-state index contributed by atoms with van der Waals surface area (Å²) >= 11 is 0. The van der Waals surface area contributed by atoms with Crippen LogP contribution in [0.15, 0.2) is 12.2 Å². The molecule has 0 saturated heterocycles. The molecule has 0 radical (unpaired) electrons. The first kappa shape index (κ1) is 25.3. The van der Waals surface area contributed by atoms with Crippen LogP contribution in [0, 0.1) is 0 Å². The number of hydrogen-bond donors (Lipinski definition) is 1. The SMILES string of the molecule is C[C@H](NC(=O)CCCCCN1C(=O)C=CC1=O)C(=O)N(C)[C@@H](C)C(=O)OC(C)(C)C. The number of amides is 4. The summed E-state index contributed by atoms with van der Waals surface area (Å²) in [5.74, 6) is -1.80. The fourth-order valence-corrected chi connectivity index (χ4v) is 2.80. The summed E-state index contributed by atoms with van der Waals surface area (Å²) in [6, 6.07) is -1.56. The van der Waals surface area contributed by atoms with Crippen LogP contribution < -0.4 is 5.32 Å². The number of carbonyl (C=O) groups is 5. The van der Waals surface area contributed by atoms with Gasteiger partial charge in [0.2, 0.25) is 11.8 Å². The number of nitrogens with zero attached hydrogens (tertiary/aromatic N) is 2. The predicted molar refractivity (Wildman–Crippen MR) is 110 cm³/mol. The van der Waals surface area contributed by atoms with Gasteiger partial charge in [-0.2, -0.15) is 0 Å². The minimum absolute atomic E-state index is 0.225. The fraction of sp³-hybridized carbons (Fsp3) is 0.667. The number of esters is 1. The van der Waals surface area contributed by atoms with E-state index in [1.807, 2.05) is 0 Å². The van der Waals surface area contributed by atoms with Gasteiger partial charge in [-0.25, -0.2) is 4.79 Å². The van der Waals surface area contributed by atoms with Crippen molar-refractivity contribution in [2.75, 3.05) is 13.6 Å². The summed E-state index contributed by atoms with van der Waals surface area (Å²) in [4.78, 5) is 62.1. The molecule has 4 amide bonds. The molecule has 30 heavy (non-hydrogen) atoms. The first-order valence-corrected chi connectivity index (χ1v) is 10.2. The Morgan fingerprint density at radius 1 is 1.07 bits per heavy atom. The average Bonchev–Trinajstić information content (AvgIpc) is 2.96. The lowest BCUT2D eigenvalue weighted by Crippen LogP contribution is -2.51. The van der Waals surface area contributed by atoms with Crippen LogP contribution in [0.25, 0.3) is 0 Å². The Morgan fingerprint density at radius 3 is 2.17 bits per heavy atom. The summed E-state index contributed by atoms with van der Waals surface area (Å²) in [7, 11) is 1.50. The van der Waals surface area contributed by atoms with Crippen LogP contribution in [0.5, 0.6) is 0 Å². The fourth-order valence-electron chi connectivity index (χ4n) is 2.80. The summed E-state index contributed by atoms with van der Waals surface area (Å²) in [5, 5.41) is 2.64. The van der Waals surface area contributed by atoms with Gasteiger partial charge in [-0.3, -0.25) is 24.1 Å². The molecule has 0 aromatic carbocycles. The van der Waals surface area contributed by atoms with Crippen LogP contribution in [0.1, 0.15) is 60.3 Å². The van der Waals surface area contributed by atoms with Gasteiger partial charge in [-0.15, -0.1) is 0 Å². The van der Waals surface area contributed by atoms with Crippen molar-refractivity contribution in [2.24, 2.45) is 0 Å². The van der Waals surface area contributed by atoms with E-state index in [1.54, 1.807) is 34.6 Å². The van der Waals surface area contributed by atoms with Crippen molar-refractivity contribution in [3.8, 4) is 0 Å². The molecule has 1 aliphatic heterocycles. The monoisotopic (exact) mass is 423 g/mol. The molecule has 1 N–H and O–H groups in total. The highest BCUT2D eigenvalue weighted by atomic mass is 16.6. The van der Waals surface area contributed by atoms with Gasteiger partial charge in [-0.1, -0.05) is 6.42 Å². The number of carbonyl (C=O) groups excluding carboxylic acids is 5. The van der Waals surface area contributed by atoms with E-state index in [2.05, 4.69) is 5.32 Å². The number of likely N-dealkylation sites (N-methyl/N-ethyl adjacent to an activating group) is 1. The molecule has 0 aliphatic carbocycles. The molecule has 0 saturated carbocycles. The quantitative estimate of drug-likeness (QED) is 0.321. The molecule has 0 unspecified atom stereocenters. The van der Waals surface area contributed by atoms with Crippen molar-refractivity contribution in [1.82, 2.24) is 15.1 Å². The third kappa shape index (κ3) is 7.96. The smallest absolute Gasteiger partial charge is 0.329 e. The van der Waals surface area contributed by atoms with Crippen molar-refractivity contribution >= 4 is 29.6 Å². The van der Waals surface area contributed by atoms with E-state index in [4.69, 9.17) is 4.74 Å². The van der Waals surface area contributed by atoms with E-state index in [1.165, 1.54) is 29.0 Å². The maximum Gasteiger partial charge on any atom is 0.329 e. The first-order valence-electron chi connectivity index (χ1n) is 10.2. The summed E-state index contributed by atoms with van der Waals surface area (Å²) in [6.07, 6.45) is 4.56. The zero-order valence-corrected chi connectivity index (χ0v) is 18.7. The second-order valence-corrected chi connectivity index (χ2v) is 8.42. The van der Waals surface area contributed by atoms with Gasteiger partial charge in [0.15, 0.2) is 0 Å². The lowest BCUT2D eigenvalue weighted by atomic mass is 10.1. The van der Waals surface area contributed by atoms with Crippen LogP contribution in [0.4, 0.5) is 0 Å². The molecule has 0 fully saturated rings. The first-order chi connectivity index (χ1) is 13.8.